The Morgan fingerprint density at radius 3 is 2.52 bits per heavy atom. The van der Waals surface area contributed by atoms with Crippen molar-refractivity contribution in [3.63, 3.8) is 0 Å². The third-order valence-corrected chi connectivity index (χ3v) is 5.43. The maximum absolute atomic E-state index is 12.3. The van der Waals surface area contributed by atoms with Crippen molar-refractivity contribution in [2.24, 2.45) is 0 Å². The zero-order chi connectivity index (χ0) is 15.6. The number of methoxy groups -OCH3 is 1. The Bertz CT molecular complexity index is 781. The van der Waals surface area contributed by atoms with Crippen molar-refractivity contribution < 1.29 is 13.2 Å². The van der Waals surface area contributed by atoms with E-state index >= 15 is 0 Å². The Balaban J connectivity index is 2.39. The minimum absolute atomic E-state index is 0.0752. The van der Waals surface area contributed by atoms with Gasteiger partial charge in [0.05, 0.1) is 32.2 Å². The number of nitrogens with one attached hydrogen (secondary N) is 1. The second kappa shape index (κ2) is 6.44. The number of sulfonamides is 1. The average molecular weight is 411 g/mol. The van der Waals surface area contributed by atoms with E-state index < -0.39 is 10.0 Å². The van der Waals surface area contributed by atoms with Gasteiger partial charge in [-0.05, 0) is 46.3 Å². The Kier molecular flexibility index (Phi) is 5.03. The molecule has 0 bridgehead atoms. The van der Waals surface area contributed by atoms with E-state index in [1.54, 1.807) is 18.2 Å². The van der Waals surface area contributed by atoms with Crippen LogP contribution in [-0.4, -0.2) is 15.5 Å². The van der Waals surface area contributed by atoms with Crippen LogP contribution in [0.15, 0.2) is 45.8 Å². The molecular weight excluding hydrogens is 401 g/mol. The highest BCUT2D eigenvalue weighted by atomic mass is 79.9. The van der Waals surface area contributed by atoms with Gasteiger partial charge in [0.1, 0.15) is 5.75 Å². The van der Waals surface area contributed by atoms with E-state index in [1.807, 2.05) is 0 Å². The fourth-order valence-corrected chi connectivity index (χ4v) is 3.79. The van der Waals surface area contributed by atoms with E-state index in [-0.39, 0.29) is 20.6 Å². The first-order valence-corrected chi connectivity index (χ1v) is 8.69. The number of benzene rings is 2. The van der Waals surface area contributed by atoms with Crippen molar-refractivity contribution in [3.8, 4) is 5.75 Å². The Hall–Kier alpha value is -0.950. The molecule has 0 saturated carbocycles. The lowest BCUT2D eigenvalue weighted by molar-refractivity contribution is 0.411. The summed E-state index contributed by atoms with van der Waals surface area (Å²) in [6.45, 7) is 0. The van der Waals surface area contributed by atoms with Crippen molar-refractivity contribution in [1.82, 2.24) is 0 Å². The van der Waals surface area contributed by atoms with E-state index in [2.05, 4.69) is 20.7 Å². The van der Waals surface area contributed by atoms with Gasteiger partial charge in [-0.15, -0.1) is 0 Å². The maximum atomic E-state index is 12.3. The summed E-state index contributed by atoms with van der Waals surface area (Å²) in [7, 11) is -2.28. The lowest BCUT2D eigenvalue weighted by Gasteiger charge is -2.11. The normalized spacial score (nSPS) is 11.2. The molecule has 2 rings (SSSR count). The van der Waals surface area contributed by atoms with E-state index in [9.17, 15) is 8.42 Å². The first-order valence-electron chi connectivity index (χ1n) is 5.65. The largest absolute Gasteiger partial charge is 0.496 e. The van der Waals surface area contributed by atoms with Crippen LogP contribution in [0, 0.1) is 0 Å². The van der Waals surface area contributed by atoms with Crippen molar-refractivity contribution >= 4 is 54.8 Å². The molecule has 2 aromatic rings. The highest BCUT2D eigenvalue weighted by Crippen LogP contribution is 2.32. The predicted molar refractivity (Wildman–Crippen MR) is 88.0 cm³/mol. The molecule has 0 unspecified atom stereocenters. The molecule has 0 amide bonds. The molecule has 0 aliphatic heterocycles. The fraction of sp³-hybridized carbons (Fsp3) is 0.0769. The standard InChI is InChI=1S/C13H10BrCl2NO3S/c1-20-12-6-5-8(7-9(12)14)21(18,19)17-11-4-2-3-10(15)13(11)16/h2-7,17H,1H3. The van der Waals surface area contributed by atoms with Crippen LogP contribution < -0.4 is 9.46 Å². The second-order valence-electron chi connectivity index (χ2n) is 4.00. The fourth-order valence-electron chi connectivity index (χ4n) is 1.60. The average Bonchev–Trinajstić information content (AvgIpc) is 2.43. The van der Waals surface area contributed by atoms with Gasteiger partial charge in [-0.2, -0.15) is 0 Å². The van der Waals surface area contributed by atoms with Crippen LogP contribution in [0.4, 0.5) is 5.69 Å². The summed E-state index contributed by atoms with van der Waals surface area (Å²) in [5.41, 5.74) is 0.219. The molecule has 1 N–H and O–H groups in total. The van der Waals surface area contributed by atoms with E-state index in [4.69, 9.17) is 27.9 Å². The van der Waals surface area contributed by atoms with Gasteiger partial charge in [0, 0.05) is 0 Å². The number of anilines is 1. The monoisotopic (exact) mass is 409 g/mol. The van der Waals surface area contributed by atoms with Gasteiger partial charge in [0.2, 0.25) is 0 Å². The lowest BCUT2D eigenvalue weighted by Crippen LogP contribution is -2.13. The summed E-state index contributed by atoms with van der Waals surface area (Å²) in [4.78, 5) is 0.0752. The molecule has 0 saturated heterocycles. The zero-order valence-corrected chi connectivity index (χ0v) is 14.6. The highest BCUT2D eigenvalue weighted by Gasteiger charge is 2.18. The number of hydrogen-bond acceptors (Lipinski definition) is 3. The number of halogens is 3. The minimum Gasteiger partial charge on any atom is -0.496 e. The summed E-state index contributed by atoms with van der Waals surface area (Å²) in [5.74, 6) is 0.537. The van der Waals surface area contributed by atoms with Gasteiger partial charge in [0.15, 0.2) is 0 Å². The molecule has 2 aromatic carbocycles. The molecule has 0 aliphatic carbocycles. The molecule has 0 aliphatic rings. The summed E-state index contributed by atoms with van der Waals surface area (Å²) < 4.78 is 32.7. The van der Waals surface area contributed by atoms with Gasteiger partial charge in [-0.3, -0.25) is 4.72 Å². The highest BCUT2D eigenvalue weighted by molar-refractivity contribution is 9.10. The van der Waals surface area contributed by atoms with Crippen LogP contribution in [0.2, 0.25) is 10.0 Å². The molecule has 4 nitrogen and oxygen atoms in total. The smallest absolute Gasteiger partial charge is 0.261 e. The van der Waals surface area contributed by atoms with Gasteiger partial charge in [-0.1, -0.05) is 29.3 Å². The SMILES string of the molecule is COc1ccc(S(=O)(=O)Nc2cccc(Cl)c2Cl)cc1Br. The van der Waals surface area contributed by atoms with Gasteiger partial charge in [0.25, 0.3) is 10.0 Å². The number of rotatable bonds is 4. The first-order chi connectivity index (χ1) is 9.85. The molecule has 112 valence electrons. The molecule has 0 aromatic heterocycles. The third kappa shape index (κ3) is 3.63. The topological polar surface area (TPSA) is 55.4 Å². The predicted octanol–water partition coefficient (Wildman–Crippen LogP) is 4.57. The van der Waals surface area contributed by atoms with Crippen molar-refractivity contribution in [2.45, 2.75) is 4.90 Å². The van der Waals surface area contributed by atoms with Crippen LogP contribution in [0.1, 0.15) is 0 Å². The molecule has 0 heterocycles. The summed E-state index contributed by atoms with van der Waals surface area (Å²) in [6, 6.07) is 9.15. The molecule has 0 spiro atoms. The number of hydrogen-bond donors (Lipinski definition) is 1. The lowest BCUT2D eigenvalue weighted by atomic mass is 10.3. The molecule has 0 radical (unpaired) electrons. The van der Waals surface area contributed by atoms with Crippen LogP contribution in [0.5, 0.6) is 5.75 Å². The van der Waals surface area contributed by atoms with Crippen molar-refractivity contribution in [2.75, 3.05) is 11.8 Å². The summed E-state index contributed by atoms with van der Waals surface area (Å²) in [6.07, 6.45) is 0. The zero-order valence-electron chi connectivity index (χ0n) is 10.7. The molecule has 21 heavy (non-hydrogen) atoms. The third-order valence-electron chi connectivity index (χ3n) is 2.63. The molecule has 0 atom stereocenters. The van der Waals surface area contributed by atoms with Crippen LogP contribution in [0.3, 0.4) is 0 Å². The number of ether oxygens (including phenoxy) is 1. The Labute approximate surface area is 141 Å². The van der Waals surface area contributed by atoms with Crippen LogP contribution in [-0.2, 0) is 10.0 Å². The van der Waals surface area contributed by atoms with Crippen LogP contribution in [0.25, 0.3) is 0 Å². The Morgan fingerprint density at radius 1 is 1.19 bits per heavy atom. The van der Waals surface area contributed by atoms with Crippen molar-refractivity contribution in [1.29, 1.82) is 0 Å². The first kappa shape index (κ1) is 16.4. The van der Waals surface area contributed by atoms with Gasteiger partial charge in [-0.25, -0.2) is 8.42 Å². The van der Waals surface area contributed by atoms with E-state index in [0.717, 1.165) is 0 Å². The minimum atomic E-state index is -3.78. The van der Waals surface area contributed by atoms with E-state index in [1.165, 1.54) is 25.3 Å². The van der Waals surface area contributed by atoms with Gasteiger partial charge < -0.3 is 4.74 Å². The summed E-state index contributed by atoms with van der Waals surface area (Å²) >= 11 is 15.1. The van der Waals surface area contributed by atoms with Crippen LogP contribution >= 0.6 is 39.1 Å². The molecular formula is C13H10BrCl2NO3S. The summed E-state index contributed by atoms with van der Waals surface area (Å²) in [5, 5.41) is 0.420. The molecule has 8 heteroatoms. The van der Waals surface area contributed by atoms with Crippen molar-refractivity contribution in [3.05, 3.63) is 50.9 Å². The molecule has 0 fully saturated rings. The van der Waals surface area contributed by atoms with E-state index in [0.29, 0.717) is 10.2 Å². The Morgan fingerprint density at radius 2 is 1.90 bits per heavy atom. The second-order valence-corrected chi connectivity index (χ2v) is 7.33. The quantitative estimate of drug-likeness (QED) is 0.803. The van der Waals surface area contributed by atoms with Gasteiger partial charge >= 0.3 is 0 Å². The maximum Gasteiger partial charge on any atom is 0.261 e.